The molecule has 0 atom stereocenters. The van der Waals surface area contributed by atoms with E-state index in [4.69, 9.17) is 0 Å². The van der Waals surface area contributed by atoms with Crippen LogP contribution in [-0.2, 0) is 17.4 Å². The number of hydrogen-bond acceptors (Lipinski definition) is 3. The van der Waals surface area contributed by atoms with Crippen LogP contribution in [0.3, 0.4) is 0 Å². The molecule has 1 aromatic heterocycles. The van der Waals surface area contributed by atoms with E-state index in [9.17, 15) is 22.8 Å². The zero-order chi connectivity index (χ0) is 19.4. The van der Waals surface area contributed by atoms with E-state index in [1.165, 1.54) is 17.0 Å². The lowest BCUT2D eigenvalue weighted by molar-refractivity contribution is -0.137. The highest BCUT2D eigenvalue weighted by Gasteiger charge is 2.31. The molecule has 0 spiro atoms. The topological polar surface area (TPSA) is 40.6 Å². The van der Waals surface area contributed by atoms with E-state index in [2.05, 4.69) is 0 Å². The number of piperazine rings is 1. The second-order valence-corrected chi connectivity index (χ2v) is 7.36. The second kappa shape index (κ2) is 8.12. The summed E-state index contributed by atoms with van der Waals surface area (Å²) >= 11 is 1.62. The fourth-order valence-corrected chi connectivity index (χ4v) is 3.70. The molecule has 4 nitrogen and oxygen atoms in total. The molecule has 2 heterocycles. The van der Waals surface area contributed by atoms with E-state index < -0.39 is 11.7 Å². The van der Waals surface area contributed by atoms with Crippen LogP contribution in [0.25, 0.3) is 0 Å². The summed E-state index contributed by atoms with van der Waals surface area (Å²) in [6.07, 6.45) is -3.27. The summed E-state index contributed by atoms with van der Waals surface area (Å²) in [5, 5.41) is 1.98. The number of aryl methyl sites for hydroxylation is 1. The minimum atomic E-state index is -4.42. The average Bonchev–Trinajstić information content (AvgIpc) is 3.19. The van der Waals surface area contributed by atoms with E-state index >= 15 is 0 Å². The van der Waals surface area contributed by atoms with Crippen molar-refractivity contribution in [1.82, 2.24) is 9.80 Å². The van der Waals surface area contributed by atoms with Crippen molar-refractivity contribution >= 4 is 23.2 Å². The van der Waals surface area contributed by atoms with Gasteiger partial charge in [-0.15, -0.1) is 11.3 Å². The first-order valence-electron chi connectivity index (χ1n) is 8.61. The Bertz CT molecular complexity index is 780. The number of nitrogens with zero attached hydrogens (tertiary/aromatic N) is 2. The molecule has 1 aromatic carbocycles. The third kappa shape index (κ3) is 4.88. The van der Waals surface area contributed by atoms with Gasteiger partial charge in [0.2, 0.25) is 5.91 Å². The monoisotopic (exact) mass is 396 g/mol. The van der Waals surface area contributed by atoms with Gasteiger partial charge in [-0.05, 0) is 42.1 Å². The van der Waals surface area contributed by atoms with Crippen molar-refractivity contribution < 1.29 is 22.8 Å². The maximum absolute atomic E-state index is 12.6. The Kier molecular flexibility index (Phi) is 5.84. The Morgan fingerprint density at radius 3 is 2.15 bits per heavy atom. The van der Waals surface area contributed by atoms with Gasteiger partial charge in [0, 0.05) is 43.0 Å². The smallest absolute Gasteiger partial charge is 0.339 e. The minimum Gasteiger partial charge on any atom is -0.339 e. The third-order valence-electron chi connectivity index (χ3n) is 4.54. The Morgan fingerprint density at radius 2 is 1.59 bits per heavy atom. The summed E-state index contributed by atoms with van der Waals surface area (Å²) in [6, 6.07) is 8.18. The fraction of sp³-hybridized carbons (Fsp3) is 0.368. The number of benzene rings is 1. The summed E-state index contributed by atoms with van der Waals surface area (Å²) in [5.74, 6) is -0.251. The molecule has 0 radical (unpaired) electrons. The maximum Gasteiger partial charge on any atom is 0.416 e. The molecule has 144 valence electrons. The molecular formula is C19H19F3N2O2S. The SMILES string of the molecule is O=C(CCc1cccs1)N1CCN(C(=O)c2ccc(C(F)(F)F)cc2)CC1. The first kappa shape index (κ1) is 19.4. The van der Waals surface area contributed by atoms with Crippen LogP contribution in [0.5, 0.6) is 0 Å². The Hall–Kier alpha value is -2.35. The van der Waals surface area contributed by atoms with E-state index in [-0.39, 0.29) is 17.4 Å². The number of halogens is 3. The van der Waals surface area contributed by atoms with Crippen molar-refractivity contribution in [2.45, 2.75) is 19.0 Å². The van der Waals surface area contributed by atoms with Gasteiger partial charge in [-0.25, -0.2) is 0 Å². The summed E-state index contributed by atoms with van der Waals surface area (Å²) in [7, 11) is 0. The maximum atomic E-state index is 12.6. The highest BCUT2D eigenvalue weighted by Crippen LogP contribution is 2.29. The zero-order valence-corrected chi connectivity index (χ0v) is 15.4. The van der Waals surface area contributed by atoms with Gasteiger partial charge in [-0.2, -0.15) is 13.2 Å². The fourth-order valence-electron chi connectivity index (χ4n) is 2.99. The molecule has 2 amide bonds. The summed E-state index contributed by atoms with van der Waals surface area (Å²) in [4.78, 5) is 29.2. The van der Waals surface area contributed by atoms with Crippen LogP contribution >= 0.6 is 11.3 Å². The lowest BCUT2D eigenvalue weighted by atomic mass is 10.1. The predicted octanol–water partition coefficient (Wildman–Crippen LogP) is 3.68. The summed E-state index contributed by atoms with van der Waals surface area (Å²) < 4.78 is 37.8. The van der Waals surface area contributed by atoms with Crippen molar-refractivity contribution in [3.8, 4) is 0 Å². The molecule has 8 heteroatoms. The number of alkyl halides is 3. The third-order valence-corrected chi connectivity index (χ3v) is 5.48. The van der Waals surface area contributed by atoms with Gasteiger partial charge in [0.15, 0.2) is 0 Å². The zero-order valence-electron chi connectivity index (χ0n) is 14.5. The summed E-state index contributed by atoms with van der Waals surface area (Å²) in [5.41, 5.74) is -0.555. The van der Waals surface area contributed by atoms with Crippen LogP contribution in [0.15, 0.2) is 41.8 Å². The Balaban J connectivity index is 1.51. The molecular weight excluding hydrogens is 377 g/mol. The van der Waals surface area contributed by atoms with Crippen molar-refractivity contribution in [1.29, 1.82) is 0 Å². The number of hydrogen-bond donors (Lipinski definition) is 0. The second-order valence-electron chi connectivity index (χ2n) is 6.33. The number of amides is 2. The van der Waals surface area contributed by atoms with Crippen LogP contribution in [0.4, 0.5) is 13.2 Å². The highest BCUT2D eigenvalue weighted by molar-refractivity contribution is 7.09. The Morgan fingerprint density at radius 1 is 0.963 bits per heavy atom. The van der Waals surface area contributed by atoms with Crippen LogP contribution in [0.2, 0.25) is 0 Å². The summed E-state index contributed by atoms with van der Waals surface area (Å²) in [6.45, 7) is 1.64. The number of carbonyl (C=O) groups is 2. The van der Waals surface area contributed by atoms with Gasteiger partial charge in [-0.1, -0.05) is 6.07 Å². The molecule has 1 aliphatic rings. The average molecular weight is 396 g/mol. The van der Waals surface area contributed by atoms with Gasteiger partial charge in [-0.3, -0.25) is 9.59 Å². The lowest BCUT2D eigenvalue weighted by Crippen LogP contribution is -2.50. The van der Waals surface area contributed by atoms with E-state index in [1.54, 1.807) is 21.1 Å². The predicted molar refractivity (Wildman–Crippen MR) is 96.6 cm³/mol. The number of carbonyl (C=O) groups excluding carboxylic acids is 2. The molecule has 0 bridgehead atoms. The Labute approximate surface area is 159 Å². The van der Waals surface area contributed by atoms with E-state index in [1.807, 2.05) is 17.5 Å². The number of thiophene rings is 1. The quantitative estimate of drug-likeness (QED) is 0.791. The molecule has 0 N–H and O–H groups in total. The molecule has 27 heavy (non-hydrogen) atoms. The van der Waals surface area contributed by atoms with Gasteiger partial charge in [0.25, 0.3) is 5.91 Å². The molecule has 0 saturated carbocycles. The molecule has 1 fully saturated rings. The van der Waals surface area contributed by atoms with Crippen LogP contribution < -0.4 is 0 Å². The largest absolute Gasteiger partial charge is 0.416 e. The van der Waals surface area contributed by atoms with Gasteiger partial charge in [0.05, 0.1) is 5.56 Å². The van der Waals surface area contributed by atoms with Crippen molar-refractivity contribution in [2.24, 2.45) is 0 Å². The molecule has 1 saturated heterocycles. The van der Waals surface area contributed by atoms with Gasteiger partial charge in [0.1, 0.15) is 0 Å². The number of rotatable bonds is 4. The van der Waals surface area contributed by atoms with E-state index in [0.717, 1.165) is 12.1 Å². The molecule has 0 aliphatic carbocycles. The lowest BCUT2D eigenvalue weighted by Gasteiger charge is -2.35. The van der Waals surface area contributed by atoms with Gasteiger partial charge >= 0.3 is 6.18 Å². The standard InChI is InChI=1S/C19H19F3N2O2S/c20-19(21,22)15-5-3-14(4-6-15)18(26)24-11-9-23(10-12-24)17(25)8-7-16-2-1-13-27-16/h1-6,13H,7-12H2. The first-order valence-corrected chi connectivity index (χ1v) is 9.49. The van der Waals surface area contributed by atoms with Crippen LogP contribution in [-0.4, -0.2) is 47.8 Å². The van der Waals surface area contributed by atoms with Crippen LogP contribution in [0, 0.1) is 0 Å². The molecule has 2 aromatic rings. The van der Waals surface area contributed by atoms with E-state index in [0.29, 0.717) is 39.0 Å². The highest BCUT2D eigenvalue weighted by atomic mass is 32.1. The van der Waals surface area contributed by atoms with Crippen molar-refractivity contribution in [3.63, 3.8) is 0 Å². The molecule has 1 aliphatic heterocycles. The van der Waals surface area contributed by atoms with Gasteiger partial charge < -0.3 is 9.80 Å². The first-order chi connectivity index (χ1) is 12.8. The van der Waals surface area contributed by atoms with Crippen molar-refractivity contribution in [3.05, 3.63) is 57.8 Å². The minimum absolute atomic E-state index is 0.0602. The van der Waals surface area contributed by atoms with Crippen molar-refractivity contribution in [2.75, 3.05) is 26.2 Å². The molecule has 0 unspecified atom stereocenters. The van der Waals surface area contributed by atoms with Crippen LogP contribution in [0.1, 0.15) is 27.2 Å². The normalized spacial score (nSPS) is 15.1. The molecule has 3 rings (SSSR count).